The van der Waals surface area contributed by atoms with E-state index < -0.39 is 11.4 Å². The number of thiocarbonyl (C=S) groups is 1. The third kappa shape index (κ3) is 1.58. The molecule has 14 heavy (non-hydrogen) atoms. The molecule has 1 atom stereocenters. The maximum atomic E-state index is 11.1. The maximum Gasteiger partial charge on any atom is 0.322 e. The zero-order chi connectivity index (χ0) is 10.8. The van der Waals surface area contributed by atoms with E-state index in [1.54, 1.807) is 18.2 Å². The molecular weight excluding hydrogens is 200 g/mol. The van der Waals surface area contributed by atoms with E-state index in [2.05, 4.69) is 4.98 Å². The number of carboxylic acids is 1. The molecule has 0 bridgehead atoms. The van der Waals surface area contributed by atoms with Crippen molar-refractivity contribution in [3.63, 3.8) is 0 Å². The minimum absolute atomic E-state index is 0.0938. The first-order valence-electron chi connectivity index (χ1n) is 3.94. The lowest BCUT2D eigenvalue weighted by atomic mass is 9.86. The number of aliphatic carboxylic acids is 1. The number of nitrogens with zero attached hydrogens (tertiary/aromatic N) is 1. The number of pyridine rings is 1. The van der Waals surface area contributed by atoms with Gasteiger partial charge in [-0.05, 0) is 19.1 Å². The molecular formula is C9H10N2O2S. The second-order valence-corrected chi connectivity index (χ2v) is 3.45. The Kier molecular flexibility index (Phi) is 2.81. The average Bonchev–Trinajstić information content (AvgIpc) is 2.17. The molecule has 1 rings (SSSR count). The Morgan fingerprint density at radius 1 is 1.64 bits per heavy atom. The molecule has 0 spiro atoms. The summed E-state index contributed by atoms with van der Waals surface area (Å²) < 4.78 is 0. The minimum atomic E-state index is -1.39. The normalized spacial score (nSPS) is 14.4. The van der Waals surface area contributed by atoms with Gasteiger partial charge >= 0.3 is 5.97 Å². The highest BCUT2D eigenvalue weighted by Gasteiger charge is 2.39. The Hall–Kier alpha value is -1.49. The van der Waals surface area contributed by atoms with E-state index in [4.69, 9.17) is 23.1 Å². The Labute approximate surface area is 86.8 Å². The van der Waals surface area contributed by atoms with Gasteiger partial charge in [0.2, 0.25) is 0 Å². The van der Waals surface area contributed by atoms with Gasteiger partial charge in [0.1, 0.15) is 0 Å². The summed E-state index contributed by atoms with van der Waals surface area (Å²) in [4.78, 5) is 14.9. The monoisotopic (exact) mass is 210 g/mol. The van der Waals surface area contributed by atoms with Crippen LogP contribution >= 0.6 is 12.2 Å². The number of rotatable bonds is 3. The highest BCUT2D eigenvalue weighted by Crippen LogP contribution is 2.22. The van der Waals surface area contributed by atoms with Gasteiger partial charge in [-0.25, -0.2) is 0 Å². The van der Waals surface area contributed by atoms with Crippen LogP contribution in [0.4, 0.5) is 0 Å². The minimum Gasteiger partial charge on any atom is -0.480 e. The third-order valence-corrected chi connectivity index (χ3v) is 2.51. The lowest BCUT2D eigenvalue weighted by molar-refractivity contribution is -0.140. The van der Waals surface area contributed by atoms with Crippen LogP contribution in [0.5, 0.6) is 0 Å². The van der Waals surface area contributed by atoms with Crippen molar-refractivity contribution in [3.05, 3.63) is 30.1 Å². The molecule has 0 aliphatic carbocycles. The van der Waals surface area contributed by atoms with E-state index in [1.807, 2.05) is 0 Å². The van der Waals surface area contributed by atoms with Crippen molar-refractivity contribution < 1.29 is 9.90 Å². The average molecular weight is 210 g/mol. The number of aromatic nitrogens is 1. The van der Waals surface area contributed by atoms with Gasteiger partial charge in [0.05, 0.1) is 10.7 Å². The van der Waals surface area contributed by atoms with Crippen LogP contribution in [0.25, 0.3) is 0 Å². The van der Waals surface area contributed by atoms with Crippen LogP contribution in [0, 0.1) is 0 Å². The quantitative estimate of drug-likeness (QED) is 0.718. The summed E-state index contributed by atoms with van der Waals surface area (Å²) in [6.45, 7) is 1.44. The van der Waals surface area contributed by atoms with Crippen LogP contribution in [-0.2, 0) is 10.2 Å². The summed E-state index contributed by atoms with van der Waals surface area (Å²) in [5, 5.41) is 9.05. The van der Waals surface area contributed by atoms with Gasteiger partial charge in [-0.15, -0.1) is 0 Å². The molecule has 0 saturated heterocycles. The molecule has 0 aliphatic heterocycles. The van der Waals surface area contributed by atoms with Crippen LogP contribution in [0.3, 0.4) is 0 Å². The molecule has 0 radical (unpaired) electrons. The van der Waals surface area contributed by atoms with Gasteiger partial charge in [0.15, 0.2) is 5.41 Å². The van der Waals surface area contributed by atoms with E-state index in [-0.39, 0.29) is 4.99 Å². The molecule has 1 unspecified atom stereocenters. The van der Waals surface area contributed by atoms with Crippen LogP contribution in [0.1, 0.15) is 12.6 Å². The van der Waals surface area contributed by atoms with Crippen molar-refractivity contribution in [2.24, 2.45) is 5.73 Å². The predicted molar refractivity (Wildman–Crippen MR) is 56.0 cm³/mol. The van der Waals surface area contributed by atoms with Gasteiger partial charge < -0.3 is 10.8 Å². The van der Waals surface area contributed by atoms with E-state index >= 15 is 0 Å². The van der Waals surface area contributed by atoms with E-state index in [0.29, 0.717) is 5.69 Å². The first kappa shape index (κ1) is 10.6. The number of hydrogen-bond donors (Lipinski definition) is 2. The van der Waals surface area contributed by atoms with Crippen LogP contribution < -0.4 is 5.73 Å². The van der Waals surface area contributed by atoms with Gasteiger partial charge in [-0.2, -0.15) is 0 Å². The Bertz CT molecular complexity index is 350. The highest BCUT2D eigenvalue weighted by atomic mass is 32.1. The fourth-order valence-electron chi connectivity index (χ4n) is 1.000. The zero-order valence-electron chi connectivity index (χ0n) is 7.60. The zero-order valence-corrected chi connectivity index (χ0v) is 8.41. The van der Waals surface area contributed by atoms with Crippen LogP contribution in [0.15, 0.2) is 24.4 Å². The van der Waals surface area contributed by atoms with Crippen molar-refractivity contribution in [2.75, 3.05) is 0 Å². The standard InChI is InChI=1S/C9H10N2O2S/c1-9(7(10)14,8(12)13)6-4-2-3-5-11-6/h2-5H,1H3,(H2,10,14)(H,12,13). The lowest BCUT2D eigenvalue weighted by Crippen LogP contribution is -2.44. The fourth-order valence-corrected chi connectivity index (χ4v) is 1.19. The fraction of sp³-hybridized carbons (Fsp3) is 0.222. The van der Waals surface area contributed by atoms with Gasteiger partial charge in [0.25, 0.3) is 0 Å². The molecule has 3 N–H and O–H groups in total. The molecule has 4 nitrogen and oxygen atoms in total. The van der Waals surface area contributed by atoms with Crippen molar-refractivity contribution >= 4 is 23.2 Å². The SMILES string of the molecule is CC(C(=O)O)(C(N)=S)c1ccccn1. The first-order valence-corrected chi connectivity index (χ1v) is 4.35. The van der Waals surface area contributed by atoms with Crippen LogP contribution in [0.2, 0.25) is 0 Å². The first-order chi connectivity index (χ1) is 6.49. The van der Waals surface area contributed by atoms with Gasteiger partial charge in [0, 0.05) is 6.20 Å². The lowest BCUT2D eigenvalue weighted by Gasteiger charge is -2.22. The second kappa shape index (κ2) is 3.71. The Morgan fingerprint density at radius 3 is 2.64 bits per heavy atom. The van der Waals surface area contributed by atoms with Crippen molar-refractivity contribution in [3.8, 4) is 0 Å². The smallest absolute Gasteiger partial charge is 0.322 e. The molecule has 0 amide bonds. The Balaban J connectivity index is 3.27. The second-order valence-electron chi connectivity index (χ2n) is 3.01. The molecule has 0 saturated carbocycles. The maximum absolute atomic E-state index is 11.1. The largest absolute Gasteiger partial charge is 0.480 e. The van der Waals surface area contributed by atoms with Crippen molar-refractivity contribution in [1.82, 2.24) is 4.98 Å². The van der Waals surface area contributed by atoms with Crippen molar-refractivity contribution in [1.29, 1.82) is 0 Å². The van der Waals surface area contributed by atoms with E-state index in [0.717, 1.165) is 0 Å². The number of nitrogens with two attached hydrogens (primary N) is 1. The van der Waals surface area contributed by atoms with Crippen molar-refractivity contribution in [2.45, 2.75) is 12.3 Å². The summed E-state index contributed by atoms with van der Waals surface area (Å²) in [6.07, 6.45) is 1.51. The van der Waals surface area contributed by atoms with E-state index in [9.17, 15) is 4.79 Å². The molecule has 0 aliphatic rings. The Morgan fingerprint density at radius 2 is 2.29 bits per heavy atom. The predicted octanol–water partition coefficient (Wildman–Crippen LogP) is 0.710. The third-order valence-electron chi connectivity index (χ3n) is 2.10. The number of hydrogen-bond acceptors (Lipinski definition) is 3. The van der Waals surface area contributed by atoms with Gasteiger partial charge in [-0.1, -0.05) is 18.3 Å². The molecule has 1 heterocycles. The summed E-state index contributed by atoms with van der Waals surface area (Å²) in [6, 6.07) is 4.99. The summed E-state index contributed by atoms with van der Waals surface area (Å²) in [5.74, 6) is -1.09. The molecule has 1 aromatic rings. The topological polar surface area (TPSA) is 76.2 Å². The highest BCUT2D eigenvalue weighted by molar-refractivity contribution is 7.80. The summed E-state index contributed by atoms with van der Waals surface area (Å²) in [7, 11) is 0. The molecule has 0 fully saturated rings. The van der Waals surface area contributed by atoms with Crippen LogP contribution in [-0.4, -0.2) is 21.0 Å². The number of carbonyl (C=O) groups is 1. The summed E-state index contributed by atoms with van der Waals surface area (Å²) >= 11 is 4.75. The summed E-state index contributed by atoms with van der Waals surface area (Å²) in [5.41, 5.74) is 4.37. The molecule has 1 aromatic heterocycles. The molecule has 74 valence electrons. The molecule has 5 heteroatoms. The molecule has 0 aromatic carbocycles. The number of carboxylic acid groups (broad SMARTS) is 1. The van der Waals surface area contributed by atoms with Gasteiger partial charge in [-0.3, -0.25) is 9.78 Å². The van der Waals surface area contributed by atoms with E-state index in [1.165, 1.54) is 13.1 Å².